The molecule has 0 radical (unpaired) electrons. The largest absolute Gasteiger partial charge is 0.450 e. The van der Waals surface area contributed by atoms with Gasteiger partial charge in [0.2, 0.25) is 5.91 Å². The van der Waals surface area contributed by atoms with Gasteiger partial charge in [-0.1, -0.05) is 12.1 Å². The molecule has 1 aromatic carbocycles. The zero-order chi connectivity index (χ0) is 14.2. The molecule has 1 fully saturated rings. The topological polar surface area (TPSA) is 80.1 Å². The lowest BCUT2D eigenvalue weighted by Gasteiger charge is -2.23. The van der Waals surface area contributed by atoms with Crippen LogP contribution in [0, 0.1) is 0 Å². The van der Waals surface area contributed by atoms with Crippen LogP contribution >= 0.6 is 0 Å². The summed E-state index contributed by atoms with van der Waals surface area (Å²) in [6, 6.07) is 7.96. The molecule has 6 heteroatoms. The third-order valence-corrected chi connectivity index (χ3v) is 3.76. The van der Waals surface area contributed by atoms with Crippen LogP contribution in [-0.2, 0) is 4.79 Å². The SMILES string of the molecule is O=C1CCC(Nc2ncnc3c2oc2ccccc23)CN1. The van der Waals surface area contributed by atoms with E-state index in [1.54, 1.807) is 0 Å². The quantitative estimate of drug-likeness (QED) is 0.752. The van der Waals surface area contributed by atoms with Crippen molar-refractivity contribution in [1.29, 1.82) is 0 Å². The van der Waals surface area contributed by atoms with Crippen molar-refractivity contribution in [2.45, 2.75) is 18.9 Å². The van der Waals surface area contributed by atoms with Gasteiger partial charge >= 0.3 is 0 Å². The van der Waals surface area contributed by atoms with Gasteiger partial charge in [0.05, 0.1) is 0 Å². The Morgan fingerprint density at radius 1 is 1.29 bits per heavy atom. The minimum absolute atomic E-state index is 0.102. The van der Waals surface area contributed by atoms with Crippen molar-refractivity contribution in [2.24, 2.45) is 0 Å². The zero-order valence-electron chi connectivity index (χ0n) is 11.3. The molecule has 0 aliphatic carbocycles. The number of nitrogens with zero attached hydrogens (tertiary/aromatic N) is 2. The number of rotatable bonds is 2. The minimum atomic E-state index is 0.102. The van der Waals surface area contributed by atoms with Crippen molar-refractivity contribution >= 4 is 33.8 Å². The highest BCUT2D eigenvalue weighted by molar-refractivity contribution is 6.05. The Labute approximate surface area is 120 Å². The average molecular weight is 282 g/mol. The molecule has 1 saturated heterocycles. The number of anilines is 1. The highest BCUT2D eigenvalue weighted by atomic mass is 16.3. The Hall–Kier alpha value is -2.63. The van der Waals surface area contributed by atoms with E-state index in [1.165, 1.54) is 6.33 Å². The van der Waals surface area contributed by atoms with Crippen molar-refractivity contribution in [1.82, 2.24) is 15.3 Å². The molecule has 3 aromatic rings. The highest BCUT2D eigenvalue weighted by Crippen LogP contribution is 2.30. The molecular weight excluding hydrogens is 268 g/mol. The number of carbonyl (C=O) groups is 1. The standard InChI is InChI=1S/C15H14N4O2/c20-12-6-5-9(7-16-12)19-15-14-13(17-8-18-15)10-3-1-2-4-11(10)21-14/h1-4,8-9H,5-7H2,(H,16,20)(H,17,18,19). The van der Waals surface area contributed by atoms with Crippen LogP contribution in [-0.4, -0.2) is 28.5 Å². The summed E-state index contributed by atoms with van der Waals surface area (Å²) in [7, 11) is 0. The number of hydrogen-bond donors (Lipinski definition) is 2. The minimum Gasteiger partial charge on any atom is -0.450 e. The number of carbonyl (C=O) groups excluding carboxylic acids is 1. The first-order valence-electron chi connectivity index (χ1n) is 6.97. The van der Waals surface area contributed by atoms with E-state index >= 15 is 0 Å². The number of benzene rings is 1. The molecule has 106 valence electrons. The second kappa shape index (κ2) is 4.73. The summed E-state index contributed by atoms with van der Waals surface area (Å²) in [5, 5.41) is 7.18. The van der Waals surface area contributed by atoms with Gasteiger partial charge in [0.25, 0.3) is 0 Å². The normalized spacial score (nSPS) is 18.9. The summed E-state index contributed by atoms with van der Waals surface area (Å²) < 4.78 is 5.87. The van der Waals surface area contributed by atoms with Gasteiger partial charge in [0.1, 0.15) is 17.4 Å². The van der Waals surface area contributed by atoms with Gasteiger partial charge in [-0.25, -0.2) is 9.97 Å². The van der Waals surface area contributed by atoms with Crippen LogP contribution in [0.5, 0.6) is 0 Å². The van der Waals surface area contributed by atoms with Gasteiger partial charge in [-0.3, -0.25) is 4.79 Å². The molecule has 1 unspecified atom stereocenters. The molecule has 6 nitrogen and oxygen atoms in total. The number of hydrogen-bond acceptors (Lipinski definition) is 5. The Morgan fingerprint density at radius 2 is 2.19 bits per heavy atom. The Bertz CT molecular complexity index is 817. The van der Waals surface area contributed by atoms with Crippen molar-refractivity contribution in [3.05, 3.63) is 30.6 Å². The van der Waals surface area contributed by atoms with Gasteiger partial charge in [-0.05, 0) is 18.6 Å². The number of furan rings is 1. The summed E-state index contributed by atoms with van der Waals surface area (Å²) in [4.78, 5) is 19.8. The molecular formula is C15H14N4O2. The van der Waals surface area contributed by atoms with E-state index in [1.807, 2.05) is 24.3 Å². The summed E-state index contributed by atoms with van der Waals surface area (Å²) in [5.74, 6) is 0.780. The molecule has 2 N–H and O–H groups in total. The van der Waals surface area contributed by atoms with Crippen molar-refractivity contribution in [3.8, 4) is 0 Å². The number of nitrogens with one attached hydrogen (secondary N) is 2. The maximum atomic E-state index is 11.2. The average Bonchev–Trinajstić information content (AvgIpc) is 2.89. The van der Waals surface area contributed by atoms with E-state index in [9.17, 15) is 4.79 Å². The van der Waals surface area contributed by atoms with Gasteiger partial charge in [-0.15, -0.1) is 0 Å². The zero-order valence-corrected chi connectivity index (χ0v) is 11.3. The summed E-state index contributed by atoms with van der Waals surface area (Å²) in [5.41, 5.74) is 2.27. The molecule has 0 saturated carbocycles. The molecule has 0 bridgehead atoms. The lowest BCUT2D eigenvalue weighted by Crippen LogP contribution is -2.42. The van der Waals surface area contributed by atoms with Crippen LogP contribution in [0.4, 0.5) is 5.82 Å². The van der Waals surface area contributed by atoms with Gasteiger partial charge in [0.15, 0.2) is 11.4 Å². The first-order chi connectivity index (χ1) is 10.3. The summed E-state index contributed by atoms with van der Waals surface area (Å²) in [6.45, 7) is 0.602. The molecule has 4 rings (SSSR count). The van der Waals surface area contributed by atoms with E-state index in [0.29, 0.717) is 24.4 Å². The highest BCUT2D eigenvalue weighted by Gasteiger charge is 2.20. The molecule has 3 heterocycles. The maximum absolute atomic E-state index is 11.2. The Kier molecular flexibility index (Phi) is 2.73. The van der Waals surface area contributed by atoms with E-state index in [2.05, 4.69) is 20.6 Å². The first kappa shape index (κ1) is 12.1. The van der Waals surface area contributed by atoms with Gasteiger partial charge < -0.3 is 15.1 Å². The van der Waals surface area contributed by atoms with E-state index < -0.39 is 0 Å². The molecule has 1 amide bonds. The second-order valence-electron chi connectivity index (χ2n) is 5.18. The predicted octanol–water partition coefficient (Wildman–Crippen LogP) is 2.07. The maximum Gasteiger partial charge on any atom is 0.220 e. The van der Waals surface area contributed by atoms with Crippen LogP contribution in [0.3, 0.4) is 0 Å². The third-order valence-electron chi connectivity index (χ3n) is 3.76. The fourth-order valence-electron chi connectivity index (χ4n) is 2.68. The van der Waals surface area contributed by atoms with E-state index in [4.69, 9.17) is 4.42 Å². The molecule has 0 spiro atoms. The van der Waals surface area contributed by atoms with Crippen LogP contribution in [0.1, 0.15) is 12.8 Å². The number of amides is 1. The predicted molar refractivity (Wildman–Crippen MR) is 79.0 cm³/mol. The number of para-hydroxylation sites is 1. The third kappa shape index (κ3) is 2.08. The fraction of sp³-hybridized carbons (Fsp3) is 0.267. The molecule has 1 aliphatic rings. The van der Waals surface area contributed by atoms with E-state index in [0.717, 1.165) is 22.9 Å². The summed E-state index contributed by atoms with van der Waals surface area (Å²) >= 11 is 0. The fourth-order valence-corrected chi connectivity index (χ4v) is 2.68. The monoisotopic (exact) mass is 282 g/mol. The number of aromatic nitrogens is 2. The van der Waals surface area contributed by atoms with Gasteiger partial charge in [0, 0.05) is 24.4 Å². The molecule has 2 aromatic heterocycles. The van der Waals surface area contributed by atoms with Crippen LogP contribution in [0.25, 0.3) is 22.1 Å². The van der Waals surface area contributed by atoms with Crippen LogP contribution in [0.15, 0.2) is 35.0 Å². The molecule has 21 heavy (non-hydrogen) atoms. The number of fused-ring (bicyclic) bond motifs is 3. The Morgan fingerprint density at radius 3 is 3.05 bits per heavy atom. The number of piperidine rings is 1. The second-order valence-corrected chi connectivity index (χ2v) is 5.18. The Balaban J connectivity index is 1.73. The summed E-state index contributed by atoms with van der Waals surface area (Å²) in [6.07, 6.45) is 2.86. The molecule has 1 atom stereocenters. The molecule has 1 aliphatic heterocycles. The van der Waals surface area contributed by atoms with Crippen LogP contribution < -0.4 is 10.6 Å². The van der Waals surface area contributed by atoms with Crippen LogP contribution in [0.2, 0.25) is 0 Å². The smallest absolute Gasteiger partial charge is 0.220 e. The van der Waals surface area contributed by atoms with Crippen molar-refractivity contribution in [3.63, 3.8) is 0 Å². The van der Waals surface area contributed by atoms with E-state index in [-0.39, 0.29) is 11.9 Å². The van der Waals surface area contributed by atoms with Crippen molar-refractivity contribution in [2.75, 3.05) is 11.9 Å². The lowest BCUT2D eigenvalue weighted by atomic mass is 10.1. The van der Waals surface area contributed by atoms with Gasteiger partial charge in [-0.2, -0.15) is 0 Å². The van der Waals surface area contributed by atoms with Crippen molar-refractivity contribution < 1.29 is 9.21 Å². The first-order valence-corrected chi connectivity index (χ1v) is 6.97. The lowest BCUT2D eigenvalue weighted by molar-refractivity contribution is -0.122.